The smallest absolute Gasteiger partial charge is 0.225 e. The lowest BCUT2D eigenvalue weighted by Gasteiger charge is -2.26. The third-order valence-corrected chi connectivity index (χ3v) is 4.66. The summed E-state index contributed by atoms with van der Waals surface area (Å²) in [5.41, 5.74) is 3.99. The van der Waals surface area contributed by atoms with Crippen LogP contribution < -0.4 is 5.32 Å². The molecular weight excluding hydrogens is 325 g/mol. The van der Waals surface area contributed by atoms with Crippen LogP contribution in [-0.4, -0.2) is 14.7 Å². The molecule has 0 aliphatic carbocycles. The molecule has 1 aromatic heterocycles. The molecule has 1 aliphatic rings. The maximum Gasteiger partial charge on any atom is 0.225 e. The molecular formula is C15H9ClFN3OS. The first kappa shape index (κ1) is 13.6. The molecule has 4 rings (SSSR count). The van der Waals surface area contributed by atoms with E-state index in [0.717, 1.165) is 39.6 Å². The van der Waals surface area contributed by atoms with E-state index in [2.05, 4.69) is 14.1 Å². The van der Waals surface area contributed by atoms with Crippen LogP contribution in [0.4, 0.5) is 10.1 Å². The Morgan fingerprint density at radius 3 is 2.95 bits per heavy atom. The summed E-state index contributed by atoms with van der Waals surface area (Å²) in [5.74, 6) is -0.769. The number of rotatable bonds is 1. The highest BCUT2D eigenvalue weighted by atomic mass is 35.5. The molecule has 1 N–H and O–H groups in total. The Hall–Kier alpha value is -2.05. The molecule has 1 amide bonds. The predicted molar refractivity (Wildman–Crippen MR) is 83.9 cm³/mol. The lowest BCUT2D eigenvalue weighted by Crippen LogP contribution is -2.23. The molecule has 2 aromatic carbocycles. The van der Waals surface area contributed by atoms with Crippen LogP contribution in [-0.2, 0) is 4.79 Å². The van der Waals surface area contributed by atoms with Crippen molar-refractivity contribution in [1.82, 2.24) is 8.75 Å². The van der Waals surface area contributed by atoms with Gasteiger partial charge >= 0.3 is 0 Å². The number of benzene rings is 2. The summed E-state index contributed by atoms with van der Waals surface area (Å²) in [4.78, 5) is 12.0. The number of hydrogen-bond acceptors (Lipinski definition) is 4. The summed E-state index contributed by atoms with van der Waals surface area (Å²) in [5, 5.41) is 2.91. The second-order valence-corrected chi connectivity index (χ2v) is 6.07. The minimum atomic E-state index is -0.473. The van der Waals surface area contributed by atoms with E-state index in [9.17, 15) is 9.18 Å². The van der Waals surface area contributed by atoms with E-state index in [-0.39, 0.29) is 23.3 Å². The number of nitrogens with one attached hydrogen (secondary N) is 1. The van der Waals surface area contributed by atoms with Crippen LogP contribution in [0.2, 0.25) is 5.02 Å². The van der Waals surface area contributed by atoms with E-state index < -0.39 is 5.82 Å². The van der Waals surface area contributed by atoms with E-state index >= 15 is 0 Å². The molecule has 110 valence electrons. The molecule has 22 heavy (non-hydrogen) atoms. The van der Waals surface area contributed by atoms with Gasteiger partial charge in [0, 0.05) is 23.6 Å². The highest BCUT2D eigenvalue weighted by Gasteiger charge is 2.30. The van der Waals surface area contributed by atoms with Crippen molar-refractivity contribution in [3.8, 4) is 0 Å². The number of halogens is 2. The molecule has 7 heteroatoms. The van der Waals surface area contributed by atoms with Crippen molar-refractivity contribution in [3.05, 3.63) is 52.3 Å². The van der Waals surface area contributed by atoms with E-state index in [1.54, 1.807) is 12.1 Å². The first-order chi connectivity index (χ1) is 10.6. The summed E-state index contributed by atoms with van der Waals surface area (Å²) < 4.78 is 22.0. The van der Waals surface area contributed by atoms with Gasteiger partial charge in [-0.25, -0.2) is 4.39 Å². The quantitative estimate of drug-likeness (QED) is 0.733. The number of fused-ring (bicyclic) bond motifs is 3. The molecule has 4 nitrogen and oxygen atoms in total. The van der Waals surface area contributed by atoms with Gasteiger partial charge in [0.25, 0.3) is 0 Å². The van der Waals surface area contributed by atoms with Gasteiger partial charge in [0.2, 0.25) is 5.91 Å². The zero-order valence-corrected chi connectivity index (χ0v) is 12.7. The van der Waals surface area contributed by atoms with Crippen LogP contribution in [0.5, 0.6) is 0 Å². The standard InChI is InChI=1S/C15H9ClFN3OS/c16-9-5-7(1-2-10(9)17)8-6-13(21)18-11-3-4-12-15(14(8)11)20-22-19-12/h1-5,8H,6H2,(H,18,21)/t8-/m1/s1. The second-order valence-electron chi connectivity index (χ2n) is 5.14. The summed E-state index contributed by atoms with van der Waals surface area (Å²) in [6, 6.07) is 8.21. The van der Waals surface area contributed by atoms with Crippen molar-refractivity contribution in [1.29, 1.82) is 0 Å². The summed E-state index contributed by atoms with van der Waals surface area (Å²) in [6.45, 7) is 0. The van der Waals surface area contributed by atoms with Crippen LogP contribution >= 0.6 is 23.3 Å². The van der Waals surface area contributed by atoms with Gasteiger partial charge in [-0.1, -0.05) is 17.7 Å². The Labute approximate surface area is 134 Å². The molecule has 1 aliphatic heterocycles. The minimum Gasteiger partial charge on any atom is -0.326 e. The average molecular weight is 334 g/mol. The third kappa shape index (κ3) is 2.07. The van der Waals surface area contributed by atoms with Crippen molar-refractivity contribution in [2.24, 2.45) is 0 Å². The fourth-order valence-electron chi connectivity index (χ4n) is 2.84. The Morgan fingerprint density at radius 1 is 1.27 bits per heavy atom. The Morgan fingerprint density at radius 2 is 2.14 bits per heavy atom. The molecule has 0 fully saturated rings. The zero-order valence-electron chi connectivity index (χ0n) is 11.1. The summed E-state index contributed by atoms with van der Waals surface area (Å²) >= 11 is 7.02. The Balaban J connectivity index is 1.95. The van der Waals surface area contributed by atoms with Gasteiger partial charge in [-0.05, 0) is 29.8 Å². The van der Waals surface area contributed by atoms with Crippen LogP contribution in [0.25, 0.3) is 11.0 Å². The second kappa shape index (κ2) is 5.00. The lowest BCUT2D eigenvalue weighted by molar-refractivity contribution is -0.116. The number of hydrogen-bond donors (Lipinski definition) is 1. The monoisotopic (exact) mass is 333 g/mol. The number of nitrogens with zero attached hydrogens (tertiary/aromatic N) is 2. The van der Waals surface area contributed by atoms with Crippen molar-refractivity contribution >= 4 is 46.0 Å². The van der Waals surface area contributed by atoms with E-state index in [1.807, 2.05) is 12.1 Å². The molecule has 1 atom stereocenters. The fourth-order valence-corrected chi connectivity index (χ4v) is 3.57. The molecule has 0 unspecified atom stereocenters. The van der Waals surface area contributed by atoms with Crippen molar-refractivity contribution in [3.63, 3.8) is 0 Å². The number of amides is 1. The van der Waals surface area contributed by atoms with Gasteiger partial charge in [0.05, 0.1) is 16.8 Å². The van der Waals surface area contributed by atoms with Crippen LogP contribution in [0.3, 0.4) is 0 Å². The maximum atomic E-state index is 13.4. The maximum absolute atomic E-state index is 13.4. The normalized spacial score (nSPS) is 17.4. The van der Waals surface area contributed by atoms with Gasteiger partial charge in [-0.2, -0.15) is 8.75 Å². The van der Waals surface area contributed by atoms with Gasteiger partial charge in [0.1, 0.15) is 16.9 Å². The number of aromatic nitrogens is 2. The summed E-state index contributed by atoms with van der Waals surface area (Å²) in [7, 11) is 0. The predicted octanol–water partition coefficient (Wildman–Crippen LogP) is 3.96. The largest absolute Gasteiger partial charge is 0.326 e. The summed E-state index contributed by atoms with van der Waals surface area (Å²) in [6.07, 6.45) is 0.269. The SMILES string of the molecule is O=C1C[C@H](c2ccc(F)c(Cl)c2)c2c(ccc3nsnc23)N1. The van der Waals surface area contributed by atoms with Gasteiger partial charge < -0.3 is 5.32 Å². The number of carbonyl (C=O) groups is 1. The zero-order chi connectivity index (χ0) is 15.3. The topological polar surface area (TPSA) is 54.9 Å². The number of anilines is 1. The van der Waals surface area contributed by atoms with Crippen LogP contribution in [0.15, 0.2) is 30.3 Å². The molecule has 0 spiro atoms. The van der Waals surface area contributed by atoms with Gasteiger partial charge in [-0.3, -0.25) is 4.79 Å². The Kier molecular flexibility index (Phi) is 3.09. The van der Waals surface area contributed by atoms with Crippen molar-refractivity contribution in [2.75, 3.05) is 5.32 Å². The third-order valence-electron chi connectivity index (χ3n) is 3.83. The molecule has 0 saturated carbocycles. The first-order valence-electron chi connectivity index (χ1n) is 6.63. The van der Waals surface area contributed by atoms with Crippen molar-refractivity contribution in [2.45, 2.75) is 12.3 Å². The highest BCUT2D eigenvalue weighted by Crippen LogP contribution is 2.41. The van der Waals surface area contributed by atoms with E-state index in [1.165, 1.54) is 6.07 Å². The van der Waals surface area contributed by atoms with E-state index in [0.29, 0.717) is 0 Å². The van der Waals surface area contributed by atoms with Gasteiger partial charge in [-0.15, -0.1) is 0 Å². The molecule has 0 bridgehead atoms. The lowest BCUT2D eigenvalue weighted by atomic mass is 9.84. The fraction of sp³-hybridized carbons (Fsp3) is 0.133. The minimum absolute atomic E-state index is 0.0496. The van der Waals surface area contributed by atoms with Crippen LogP contribution in [0, 0.1) is 5.82 Å². The van der Waals surface area contributed by atoms with Crippen LogP contribution in [0.1, 0.15) is 23.5 Å². The molecule has 2 heterocycles. The molecule has 0 saturated heterocycles. The first-order valence-corrected chi connectivity index (χ1v) is 7.74. The number of carbonyl (C=O) groups excluding carboxylic acids is 1. The Bertz CT molecular complexity index is 911. The van der Waals surface area contributed by atoms with Crippen molar-refractivity contribution < 1.29 is 9.18 Å². The highest BCUT2D eigenvalue weighted by molar-refractivity contribution is 7.00. The van der Waals surface area contributed by atoms with E-state index in [4.69, 9.17) is 11.6 Å². The van der Waals surface area contributed by atoms with Gasteiger partial charge in [0.15, 0.2) is 0 Å². The molecule has 3 aromatic rings. The molecule has 0 radical (unpaired) electrons. The average Bonchev–Trinajstić information content (AvgIpc) is 2.97.